The molecule has 1 aromatic rings. The Bertz CT molecular complexity index is 651. The maximum atomic E-state index is 11.8. The minimum Gasteiger partial charge on any atom is -0.543 e. The van der Waals surface area contributed by atoms with Crippen LogP contribution in [0.2, 0.25) is 18.1 Å². The molecule has 0 spiro atoms. The molecule has 25 heavy (non-hydrogen) atoms. The van der Waals surface area contributed by atoms with E-state index in [0.29, 0.717) is 12.2 Å². The summed E-state index contributed by atoms with van der Waals surface area (Å²) in [5, 5.41) is 0.0948. The monoisotopic (exact) mass is 377 g/mol. The summed E-state index contributed by atoms with van der Waals surface area (Å²) in [6.07, 6.45) is 0.939. The lowest BCUT2D eigenvalue weighted by Gasteiger charge is -2.40. The van der Waals surface area contributed by atoms with Crippen molar-refractivity contribution in [3.63, 3.8) is 0 Å². The number of hydrogen-bond donors (Lipinski definition) is 0. The predicted octanol–water partition coefficient (Wildman–Crippen LogP) is 5.40. The van der Waals surface area contributed by atoms with E-state index in [9.17, 15) is 4.79 Å². The van der Waals surface area contributed by atoms with Crippen LogP contribution in [0.1, 0.15) is 74.2 Å². The van der Waals surface area contributed by atoms with E-state index in [4.69, 9.17) is 8.85 Å². The lowest BCUT2D eigenvalue weighted by molar-refractivity contribution is 0.112. The van der Waals surface area contributed by atoms with E-state index < -0.39 is 8.32 Å². The van der Waals surface area contributed by atoms with Crippen molar-refractivity contribution in [2.24, 2.45) is 0 Å². The van der Waals surface area contributed by atoms with Crippen LogP contribution in [0.15, 0.2) is 0 Å². The van der Waals surface area contributed by atoms with Gasteiger partial charge in [-0.2, -0.15) is 0 Å². The largest absolute Gasteiger partial charge is 0.543 e. The quantitative estimate of drug-likeness (QED) is 0.509. The fourth-order valence-corrected chi connectivity index (χ4v) is 3.98. The van der Waals surface area contributed by atoms with Crippen LogP contribution in [-0.4, -0.2) is 25.1 Å². The van der Waals surface area contributed by atoms with Crippen LogP contribution in [0, 0.1) is 13.8 Å². The molecule has 3 nitrogen and oxygen atoms in total. The van der Waals surface area contributed by atoms with Gasteiger partial charge in [0.1, 0.15) is 5.75 Å². The van der Waals surface area contributed by atoms with E-state index in [1.54, 1.807) is 0 Å². The lowest BCUT2D eigenvalue weighted by atomic mass is 9.79. The van der Waals surface area contributed by atoms with Crippen molar-refractivity contribution in [3.8, 4) is 5.75 Å². The average molecular weight is 378 g/mol. The van der Waals surface area contributed by atoms with Crippen LogP contribution in [0.5, 0.6) is 5.75 Å². The molecule has 3 radical (unpaired) electrons. The summed E-state index contributed by atoms with van der Waals surface area (Å²) in [7, 11) is 1.09. The number of benzene rings is 1. The lowest BCUT2D eigenvalue weighted by Crippen LogP contribution is -2.44. The molecule has 0 saturated heterocycles. The SMILES string of the molecule is Cc1c(C)c(O[Si](C)(C)C(C)(C)C)c(C(C)(C)C)c(CO[Si])c1C=O. The Labute approximate surface area is 158 Å². The molecule has 0 bridgehead atoms. The third-order valence-corrected chi connectivity index (χ3v) is 9.88. The molecule has 0 atom stereocenters. The van der Waals surface area contributed by atoms with Crippen molar-refractivity contribution in [1.82, 2.24) is 0 Å². The van der Waals surface area contributed by atoms with Gasteiger partial charge in [-0.15, -0.1) is 0 Å². The Morgan fingerprint density at radius 2 is 1.56 bits per heavy atom. The Kier molecular flexibility index (Phi) is 6.52. The van der Waals surface area contributed by atoms with Crippen LogP contribution in [0.4, 0.5) is 0 Å². The highest BCUT2D eigenvalue weighted by Crippen LogP contribution is 2.45. The molecule has 0 saturated carbocycles. The van der Waals surface area contributed by atoms with Crippen LogP contribution in [-0.2, 0) is 16.4 Å². The summed E-state index contributed by atoms with van der Waals surface area (Å²) < 4.78 is 12.0. The van der Waals surface area contributed by atoms with Gasteiger partial charge in [-0.25, -0.2) is 0 Å². The second-order valence-corrected chi connectivity index (χ2v) is 14.4. The van der Waals surface area contributed by atoms with Crippen molar-refractivity contribution in [2.75, 3.05) is 0 Å². The van der Waals surface area contributed by atoms with Gasteiger partial charge in [0, 0.05) is 11.1 Å². The van der Waals surface area contributed by atoms with E-state index in [-0.39, 0.29) is 10.5 Å². The van der Waals surface area contributed by atoms with Crippen LogP contribution < -0.4 is 4.43 Å². The Morgan fingerprint density at radius 3 is 1.92 bits per heavy atom. The molecule has 0 N–H and O–H groups in total. The van der Waals surface area contributed by atoms with E-state index in [1.165, 1.54) is 0 Å². The fraction of sp³-hybridized carbons (Fsp3) is 0.650. The number of hydrogen-bond acceptors (Lipinski definition) is 3. The standard InChI is InChI=1S/C20H33O3Si2/c1-13-14(2)18(23-25(9,10)20(6,7)8)17(19(3,4)5)16(12-22-24)15(13)11-21/h11H,12H2,1-10H3. The number of carbonyl (C=O) groups is 1. The zero-order valence-electron chi connectivity index (χ0n) is 17.5. The maximum absolute atomic E-state index is 11.8. The molecule has 0 fully saturated rings. The third-order valence-electron chi connectivity index (χ3n) is 5.41. The Morgan fingerprint density at radius 1 is 1.04 bits per heavy atom. The number of aldehydes is 1. The van der Waals surface area contributed by atoms with E-state index in [1.807, 2.05) is 6.92 Å². The van der Waals surface area contributed by atoms with Crippen molar-refractivity contribution < 1.29 is 13.6 Å². The molecule has 0 aliphatic heterocycles. The van der Waals surface area contributed by atoms with Gasteiger partial charge in [0.05, 0.1) is 6.61 Å². The highest BCUT2D eigenvalue weighted by Gasteiger charge is 2.41. The molecular weight excluding hydrogens is 344 g/mol. The number of rotatable bonds is 5. The molecule has 0 unspecified atom stereocenters. The molecular formula is C20H33O3Si2. The first-order chi connectivity index (χ1) is 11.2. The van der Waals surface area contributed by atoms with Crippen molar-refractivity contribution in [3.05, 3.63) is 27.8 Å². The predicted molar refractivity (Wildman–Crippen MR) is 108 cm³/mol. The first-order valence-electron chi connectivity index (χ1n) is 8.78. The summed E-state index contributed by atoms with van der Waals surface area (Å²) in [5.74, 6) is 0.931. The van der Waals surface area contributed by atoms with Gasteiger partial charge >= 0.3 is 0 Å². The normalized spacial score (nSPS) is 13.1. The van der Waals surface area contributed by atoms with Crippen LogP contribution in [0.3, 0.4) is 0 Å². The smallest absolute Gasteiger partial charge is 0.250 e. The van der Waals surface area contributed by atoms with Gasteiger partial charge in [0.2, 0.25) is 10.5 Å². The molecule has 5 heteroatoms. The van der Waals surface area contributed by atoms with Gasteiger partial charge < -0.3 is 8.85 Å². The first-order valence-corrected chi connectivity index (χ1v) is 12.1. The Balaban J connectivity index is 3.86. The number of carbonyl (C=O) groups excluding carboxylic acids is 1. The summed E-state index contributed by atoms with van der Waals surface area (Å²) in [5.41, 5.74) is 4.54. The zero-order valence-corrected chi connectivity index (χ0v) is 19.5. The van der Waals surface area contributed by atoms with E-state index in [0.717, 1.165) is 34.3 Å². The summed E-state index contributed by atoms with van der Waals surface area (Å²) in [6, 6.07) is 0. The van der Waals surface area contributed by atoms with Gasteiger partial charge in [-0.3, -0.25) is 4.79 Å². The van der Waals surface area contributed by atoms with Crippen LogP contribution >= 0.6 is 0 Å². The van der Waals surface area contributed by atoms with Gasteiger partial charge in [0.25, 0.3) is 8.32 Å². The maximum Gasteiger partial charge on any atom is 0.250 e. The Hall–Kier alpha value is -0.916. The van der Waals surface area contributed by atoms with Crippen molar-refractivity contribution in [1.29, 1.82) is 0 Å². The molecule has 0 amide bonds. The summed E-state index contributed by atoms with van der Waals surface area (Å²) in [4.78, 5) is 11.8. The van der Waals surface area contributed by atoms with Crippen molar-refractivity contribution >= 4 is 25.1 Å². The minimum absolute atomic E-state index is 0.0948. The van der Waals surface area contributed by atoms with E-state index >= 15 is 0 Å². The minimum atomic E-state index is -2.02. The summed E-state index contributed by atoms with van der Waals surface area (Å²) >= 11 is 0. The molecule has 0 aliphatic carbocycles. The van der Waals surface area contributed by atoms with Gasteiger partial charge in [0.15, 0.2) is 6.29 Å². The first kappa shape index (κ1) is 22.1. The van der Waals surface area contributed by atoms with E-state index in [2.05, 4.69) is 72.0 Å². The second kappa shape index (κ2) is 7.37. The molecule has 0 heterocycles. The molecule has 1 rings (SSSR count). The third kappa shape index (κ3) is 4.44. The van der Waals surface area contributed by atoms with Crippen molar-refractivity contribution in [2.45, 2.75) is 85.5 Å². The summed E-state index contributed by atoms with van der Waals surface area (Å²) in [6.45, 7) is 22.0. The molecule has 0 aromatic heterocycles. The zero-order chi connectivity index (χ0) is 19.8. The highest BCUT2D eigenvalue weighted by molar-refractivity contribution is 6.74. The van der Waals surface area contributed by atoms with Gasteiger partial charge in [-0.1, -0.05) is 41.5 Å². The second-order valence-electron chi connectivity index (χ2n) is 9.37. The molecule has 139 valence electrons. The average Bonchev–Trinajstić information content (AvgIpc) is 2.42. The van der Waals surface area contributed by atoms with Gasteiger partial charge in [-0.05, 0) is 54.1 Å². The molecule has 0 aliphatic rings. The molecule has 1 aromatic carbocycles. The topological polar surface area (TPSA) is 35.5 Å². The fourth-order valence-electron chi connectivity index (χ4n) is 2.77. The van der Waals surface area contributed by atoms with Crippen LogP contribution in [0.25, 0.3) is 0 Å². The highest BCUT2D eigenvalue weighted by atomic mass is 28.4.